The number of aryl methyl sites for hydroxylation is 2. The SMILES string of the molecule is CC.CC.Cc1ccccc1.Cn1c2ccccc2c2ccncc21. The predicted molar refractivity (Wildman–Crippen MR) is 112 cm³/mol. The number of hydrogen-bond acceptors (Lipinski definition) is 1. The minimum Gasteiger partial charge on any atom is -0.342 e. The van der Waals surface area contributed by atoms with Crippen molar-refractivity contribution in [3.8, 4) is 0 Å². The summed E-state index contributed by atoms with van der Waals surface area (Å²) >= 11 is 0. The lowest BCUT2D eigenvalue weighted by Gasteiger charge is -1.95. The third-order valence-corrected chi connectivity index (χ3v) is 3.66. The van der Waals surface area contributed by atoms with Gasteiger partial charge in [-0.2, -0.15) is 0 Å². The number of fused-ring (bicyclic) bond motifs is 3. The van der Waals surface area contributed by atoms with Crippen LogP contribution in [0.2, 0.25) is 0 Å². The molecule has 4 aromatic rings. The van der Waals surface area contributed by atoms with Crippen LogP contribution in [0.3, 0.4) is 0 Å². The van der Waals surface area contributed by atoms with Crippen molar-refractivity contribution in [2.45, 2.75) is 34.6 Å². The highest BCUT2D eigenvalue weighted by molar-refractivity contribution is 6.07. The molecule has 0 fully saturated rings. The molecule has 2 nitrogen and oxygen atoms in total. The van der Waals surface area contributed by atoms with E-state index in [0.29, 0.717) is 0 Å². The van der Waals surface area contributed by atoms with Crippen molar-refractivity contribution in [1.29, 1.82) is 0 Å². The van der Waals surface area contributed by atoms with Crippen LogP contribution in [0.5, 0.6) is 0 Å². The lowest BCUT2D eigenvalue weighted by atomic mass is 10.2. The molecule has 132 valence electrons. The first-order chi connectivity index (χ1) is 12.3. The van der Waals surface area contributed by atoms with Gasteiger partial charge in [0.2, 0.25) is 0 Å². The molecule has 2 aromatic heterocycles. The van der Waals surface area contributed by atoms with Crippen molar-refractivity contribution < 1.29 is 0 Å². The first-order valence-corrected chi connectivity index (χ1v) is 9.06. The standard InChI is InChI=1S/C12H10N2.C7H8.2C2H6/c1-14-11-5-3-2-4-9(11)10-6-7-13-8-12(10)14;1-7-5-3-2-4-6-7;2*1-2/h2-8H,1H3;2-6H,1H3;2*1-2H3. The quantitative estimate of drug-likeness (QED) is 0.347. The second-order valence-electron chi connectivity index (χ2n) is 5.12. The summed E-state index contributed by atoms with van der Waals surface area (Å²) < 4.78 is 2.18. The molecule has 0 radical (unpaired) electrons. The highest BCUT2D eigenvalue weighted by Gasteiger charge is 2.05. The molecule has 4 rings (SSSR count). The maximum absolute atomic E-state index is 4.15. The van der Waals surface area contributed by atoms with Gasteiger partial charge in [-0.05, 0) is 19.1 Å². The molecule has 0 unspecified atom stereocenters. The average molecular weight is 335 g/mol. The van der Waals surface area contributed by atoms with E-state index in [0.717, 1.165) is 0 Å². The van der Waals surface area contributed by atoms with Gasteiger partial charge in [0.25, 0.3) is 0 Å². The van der Waals surface area contributed by atoms with Crippen LogP contribution >= 0.6 is 0 Å². The summed E-state index contributed by atoms with van der Waals surface area (Å²) in [5, 5.41) is 2.57. The van der Waals surface area contributed by atoms with Crippen molar-refractivity contribution in [1.82, 2.24) is 9.55 Å². The van der Waals surface area contributed by atoms with E-state index in [1.165, 1.54) is 27.4 Å². The first kappa shape index (κ1) is 20.4. The number of rotatable bonds is 0. The minimum atomic E-state index is 1.19. The molecule has 25 heavy (non-hydrogen) atoms. The fourth-order valence-corrected chi connectivity index (χ4v) is 2.54. The van der Waals surface area contributed by atoms with Gasteiger partial charge in [0, 0.05) is 29.5 Å². The van der Waals surface area contributed by atoms with Gasteiger partial charge in [0.15, 0.2) is 0 Å². The van der Waals surface area contributed by atoms with E-state index in [1.54, 1.807) is 0 Å². The van der Waals surface area contributed by atoms with Gasteiger partial charge in [-0.3, -0.25) is 4.98 Å². The number of benzene rings is 2. The Morgan fingerprint density at radius 1 is 0.680 bits per heavy atom. The summed E-state index contributed by atoms with van der Waals surface area (Å²) in [5.74, 6) is 0. The maximum atomic E-state index is 4.15. The van der Waals surface area contributed by atoms with Crippen molar-refractivity contribution in [3.05, 3.63) is 78.6 Å². The third kappa shape index (κ3) is 5.18. The van der Waals surface area contributed by atoms with E-state index in [2.05, 4.69) is 66.0 Å². The van der Waals surface area contributed by atoms with E-state index in [9.17, 15) is 0 Å². The molecule has 0 aliphatic carbocycles. The fourth-order valence-electron chi connectivity index (χ4n) is 2.54. The number of aromatic nitrogens is 2. The maximum Gasteiger partial charge on any atom is 0.0675 e. The van der Waals surface area contributed by atoms with Crippen LogP contribution in [0.1, 0.15) is 33.3 Å². The first-order valence-electron chi connectivity index (χ1n) is 9.06. The van der Waals surface area contributed by atoms with Crippen LogP contribution in [0, 0.1) is 6.92 Å². The van der Waals surface area contributed by atoms with Gasteiger partial charge in [-0.15, -0.1) is 0 Å². The zero-order valence-corrected chi connectivity index (χ0v) is 16.3. The van der Waals surface area contributed by atoms with E-state index in [4.69, 9.17) is 0 Å². The average Bonchev–Trinajstić information content (AvgIpc) is 2.99. The number of nitrogens with zero attached hydrogens (tertiary/aromatic N) is 2. The summed E-state index contributed by atoms with van der Waals surface area (Å²) in [4.78, 5) is 4.15. The summed E-state index contributed by atoms with van der Waals surface area (Å²) in [5.41, 5.74) is 3.77. The molecule has 0 atom stereocenters. The molecule has 0 aliphatic rings. The molecule has 2 heterocycles. The molecule has 0 saturated heterocycles. The lowest BCUT2D eigenvalue weighted by molar-refractivity contribution is 1.01. The lowest BCUT2D eigenvalue weighted by Crippen LogP contribution is -1.85. The molecule has 0 bridgehead atoms. The van der Waals surface area contributed by atoms with Crippen LogP contribution in [0.4, 0.5) is 0 Å². The Balaban J connectivity index is 0.000000241. The number of pyridine rings is 1. The second-order valence-corrected chi connectivity index (χ2v) is 5.12. The van der Waals surface area contributed by atoms with E-state index in [1.807, 2.05) is 58.3 Å². The van der Waals surface area contributed by atoms with Crippen molar-refractivity contribution in [3.63, 3.8) is 0 Å². The zero-order chi connectivity index (χ0) is 18.7. The Bertz CT molecular complexity index is 808. The van der Waals surface area contributed by atoms with Crippen LogP contribution in [-0.2, 0) is 7.05 Å². The molecule has 0 aliphatic heterocycles. The number of para-hydroxylation sites is 1. The molecule has 0 saturated carbocycles. The van der Waals surface area contributed by atoms with Gasteiger partial charge < -0.3 is 4.57 Å². The Hall–Kier alpha value is -2.61. The van der Waals surface area contributed by atoms with E-state index >= 15 is 0 Å². The van der Waals surface area contributed by atoms with Crippen LogP contribution in [0.15, 0.2) is 73.1 Å². The molecular weight excluding hydrogens is 304 g/mol. The molecular formula is C23H30N2. The predicted octanol–water partition coefficient (Wildman–Crippen LogP) is 6.77. The van der Waals surface area contributed by atoms with Crippen LogP contribution in [0.25, 0.3) is 21.8 Å². The van der Waals surface area contributed by atoms with Crippen molar-refractivity contribution in [2.24, 2.45) is 7.05 Å². The smallest absolute Gasteiger partial charge is 0.0675 e. The molecule has 0 spiro atoms. The Labute approximate surface area is 152 Å². The monoisotopic (exact) mass is 334 g/mol. The second kappa shape index (κ2) is 11.0. The molecule has 0 N–H and O–H groups in total. The van der Waals surface area contributed by atoms with Gasteiger partial charge in [0.1, 0.15) is 0 Å². The number of hydrogen-bond donors (Lipinski definition) is 0. The molecule has 2 aromatic carbocycles. The summed E-state index contributed by atoms with van der Waals surface area (Å²) in [7, 11) is 2.08. The minimum absolute atomic E-state index is 1.19. The molecule has 0 amide bonds. The van der Waals surface area contributed by atoms with Gasteiger partial charge in [-0.25, -0.2) is 0 Å². The Kier molecular flexibility index (Phi) is 9.02. The third-order valence-electron chi connectivity index (χ3n) is 3.66. The largest absolute Gasteiger partial charge is 0.342 e. The van der Waals surface area contributed by atoms with Gasteiger partial charge in [-0.1, -0.05) is 81.8 Å². The molecule has 2 heteroatoms. The van der Waals surface area contributed by atoms with Crippen LogP contribution in [-0.4, -0.2) is 9.55 Å². The summed E-state index contributed by atoms with van der Waals surface area (Å²) in [6.07, 6.45) is 3.75. The highest BCUT2D eigenvalue weighted by Crippen LogP contribution is 2.26. The van der Waals surface area contributed by atoms with Crippen LogP contribution < -0.4 is 0 Å². The zero-order valence-electron chi connectivity index (χ0n) is 16.3. The summed E-state index contributed by atoms with van der Waals surface area (Å²) in [6, 6.07) is 20.7. The fraction of sp³-hybridized carbons (Fsp3) is 0.261. The van der Waals surface area contributed by atoms with Crippen molar-refractivity contribution >= 4 is 21.8 Å². The summed E-state index contributed by atoms with van der Waals surface area (Å²) in [6.45, 7) is 10.1. The highest BCUT2D eigenvalue weighted by atomic mass is 14.9. The van der Waals surface area contributed by atoms with E-state index in [-0.39, 0.29) is 0 Å². The Morgan fingerprint density at radius 3 is 1.84 bits per heavy atom. The topological polar surface area (TPSA) is 17.8 Å². The van der Waals surface area contributed by atoms with Crippen molar-refractivity contribution in [2.75, 3.05) is 0 Å². The Morgan fingerprint density at radius 2 is 1.24 bits per heavy atom. The van der Waals surface area contributed by atoms with E-state index < -0.39 is 0 Å². The van der Waals surface area contributed by atoms with Gasteiger partial charge in [0.05, 0.1) is 11.7 Å². The normalized spacial score (nSPS) is 9.20. The van der Waals surface area contributed by atoms with Gasteiger partial charge >= 0.3 is 0 Å².